The number of nitrogens with two attached hydrogens (primary N) is 1. The van der Waals surface area contributed by atoms with E-state index in [1.807, 2.05) is 0 Å². The molecule has 0 saturated heterocycles. The van der Waals surface area contributed by atoms with E-state index < -0.39 is 10.0 Å². The quantitative estimate of drug-likeness (QED) is 0.886. The highest BCUT2D eigenvalue weighted by atomic mass is 32.2. The van der Waals surface area contributed by atoms with E-state index in [9.17, 15) is 8.42 Å². The lowest BCUT2D eigenvalue weighted by atomic mass is 10.0. The van der Waals surface area contributed by atoms with Gasteiger partial charge in [-0.2, -0.15) is 0 Å². The molecular formula is C12H16N2O2S2. The van der Waals surface area contributed by atoms with Gasteiger partial charge in [-0.25, -0.2) is 13.1 Å². The molecule has 4 atom stereocenters. The van der Waals surface area contributed by atoms with Gasteiger partial charge >= 0.3 is 0 Å². The number of anilines is 1. The van der Waals surface area contributed by atoms with Crippen molar-refractivity contribution >= 4 is 27.0 Å². The Balaban J connectivity index is 1.53. The molecule has 3 fully saturated rings. The monoisotopic (exact) mass is 284 g/mol. The molecular weight excluding hydrogens is 268 g/mol. The first-order valence-corrected chi connectivity index (χ1v) is 8.79. The first kappa shape index (κ1) is 11.3. The van der Waals surface area contributed by atoms with Crippen molar-refractivity contribution in [1.82, 2.24) is 4.72 Å². The highest BCUT2D eigenvalue weighted by molar-refractivity contribution is 7.91. The van der Waals surface area contributed by atoms with E-state index in [1.165, 1.54) is 30.6 Å². The highest BCUT2D eigenvalue weighted by Crippen LogP contribution is 2.65. The minimum atomic E-state index is -3.35. The average molecular weight is 284 g/mol. The fourth-order valence-electron chi connectivity index (χ4n) is 4.19. The Labute approximate surface area is 111 Å². The zero-order chi connectivity index (χ0) is 12.5. The first-order valence-electron chi connectivity index (χ1n) is 6.42. The van der Waals surface area contributed by atoms with Gasteiger partial charge in [0.25, 0.3) is 0 Å². The Bertz CT molecular complexity index is 579. The first-order chi connectivity index (χ1) is 8.56. The summed E-state index contributed by atoms with van der Waals surface area (Å²) in [4.78, 5) is 0. The molecule has 2 bridgehead atoms. The summed E-state index contributed by atoms with van der Waals surface area (Å²) in [7, 11) is -3.35. The molecule has 0 radical (unpaired) electrons. The fraction of sp³-hybridized carbons (Fsp3) is 0.667. The molecule has 0 aromatic carbocycles. The van der Waals surface area contributed by atoms with Gasteiger partial charge in [-0.05, 0) is 49.0 Å². The predicted octanol–water partition coefficient (Wildman–Crippen LogP) is 1.65. The van der Waals surface area contributed by atoms with Crippen LogP contribution in [0.15, 0.2) is 15.7 Å². The van der Waals surface area contributed by atoms with Crippen molar-refractivity contribution in [3.8, 4) is 0 Å². The van der Waals surface area contributed by atoms with Crippen molar-refractivity contribution < 1.29 is 8.42 Å². The Kier molecular flexibility index (Phi) is 2.18. The van der Waals surface area contributed by atoms with Crippen molar-refractivity contribution in [1.29, 1.82) is 0 Å². The molecule has 1 aromatic rings. The summed E-state index contributed by atoms with van der Waals surface area (Å²) in [5.41, 5.74) is 6.11. The van der Waals surface area contributed by atoms with Gasteiger partial charge in [0.05, 0.1) is 0 Å². The summed E-state index contributed by atoms with van der Waals surface area (Å²) in [6.45, 7) is 0. The highest BCUT2D eigenvalue weighted by Gasteiger charge is 2.65. The third-order valence-corrected chi connectivity index (χ3v) is 7.80. The molecule has 1 aromatic heterocycles. The molecule has 18 heavy (non-hydrogen) atoms. The third kappa shape index (κ3) is 1.49. The van der Waals surface area contributed by atoms with Gasteiger partial charge in [0, 0.05) is 17.1 Å². The molecule has 3 N–H and O–H groups in total. The molecule has 3 aliphatic rings. The van der Waals surface area contributed by atoms with Crippen LogP contribution >= 0.6 is 11.3 Å². The minimum absolute atomic E-state index is 0.199. The van der Waals surface area contributed by atoms with Crippen LogP contribution in [0.3, 0.4) is 0 Å². The topological polar surface area (TPSA) is 72.2 Å². The van der Waals surface area contributed by atoms with E-state index in [2.05, 4.69) is 4.72 Å². The molecule has 4 rings (SSSR count). The number of sulfonamides is 1. The molecule has 1 heterocycles. The standard InChI is InChI=1S/C12H16N2O2S2/c13-8-4-9(17-5-8)18(15,16)14-12-10-6-1-2-7(3-6)11(10)12/h4-7,10-12,14H,1-3,13H2. The van der Waals surface area contributed by atoms with Crippen LogP contribution in [-0.2, 0) is 10.0 Å². The zero-order valence-corrected chi connectivity index (χ0v) is 11.5. The molecule has 0 spiro atoms. The van der Waals surface area contributed by atoms with E-state index >= 15 is 0 Å². The van der Waals surface area contributed by atoms with Gasteiger partial charge in [-0.1, -0.05) is 0 Å². The molecule has 98 valence electrons. The van der Waals surface area contributed by atoms with Gasteiger partial charge in [-0.3, -0.25) is 0 Å². The summed E-state index contributed by atoms with van der Waals surface area (Å²) < 4.78 is 27.6. The summed E-state index contributed by atoms with van der Waals surface area (Å²) in [6, 6.07) is 1.74. The van der Waals surface area contributed by atoms with Crippen molar-refractivity contribution in [2.45, 2.75) is 29.5 Å². The zero-order valence-electron chi connectivity index (χ0n) is 9.87. The normalized spacial score (nSPS) is 41.0. The van der Waals surface area contributed by atoms with Gasteiger partial charge in [-0.15, -0.1) is 11.3 Å². The minimum Gasteiger partial charge on any atom is -0.398 e. The largest absolute Gasteiger partial charge is 0.398 e. The number of hydrogen-bond acceptors (Lipinski definition) is 4. The van der Waals surface area contributed by atoms with Gasteiger partial charge < -0.3 is 5.73 Å². The van der Waals surface area contributed by atoms with Gasteiger partial charge in [0.2, 0.25) is 10.0 Å². The van der Waals surface area contributed by atoms with E-state index in [1.54, 1.807) is 11.4 Å². The number of nitrogens with one attached hydrogen (secondary N) is 1. The van der Waals surface area contributed by atoms with Gasteiger partial charge in [0.1, 0.15) is 4.21 Å². The van der Waals surface area contributed by atoms with E-state index in [4.69, 9.17) is 5.73 Å². The molecule has 4 unspecified atom stereocenters. The summed E-state index contributed by atoms with van der Waals surface area (Å²) in [6.07, 6.45) is 3.94. The maximum Gasteiger partial charge on any atom is 0.250 e. The number of fused-ring (bicyclic) bond motifs is 5. The van der Waals surface area contributed by atoms with Crippen molar-refractivity contribution in [2.24, 2.45) is 23.7 Å². The molecule has 0 aliphatic heterocycles. The Morgan fingerprint density at radius 2 is 1.94 bits per heavy atom. The second kappa shape index (κ2) is 3.49. The summed E-state index contributed by atoms with van der Waals surface area (Å²) >= 11 is 1.20. The van der Waals surface area contributed by atoms with Crippen LogP contribution < -0.4 is 10.5 Å². The van der Waals surface area contributed by atoms with Crippen molar-refractivity contribution in [3.63, 3.8) is 0 Å². The Hall–Kier alpha value is -0.590. The lowest BCUT2D eigenvalue weighted by Gasteiger charge is -2.10. The van der Waals surface area contributed by atoms with Crippen LogP contribution in [0.25, 0.3) is 0 Å². The molecule has 0 amide bonds. The average Bonchev–Trinajstić information content (AvgIpc) is 2.78. The van der Waals surface area contributed by atoms with Gasteiger partial charge in [0.15, 0.2) is 0 Å². The van der Waals surface area contributed by atoms with Crippen molar-refractivity contribution in [3.05, 3.63) is 11.4 Å². The van der Waals surface area contributed by atoms with Crippen molar-refractivity contribution in [2.75, 3.05) is 5.73 Å². The predicted molar refractivity (Wildman–Crippen MR) is 70.7 cm³/mol. The second-order valence-corrected chi connectivity index (χ2v) is 8.69. The van der Waals surface area contributed by atoms with Crippen LogP contribution in [0.1, 0.15) is 19.3 Å². The van der Waals surface area contributed by atoms with Crippen LogP contribution in [0.2, 0.25) is 0 Å². The van der Waals surface area contributed by atoms with E-state index in [0.29, 0.717) is 21.7 Å². The van der Waals surface area contributed by atoms with Crippen LogP contribution in [-0.4, -0.2) is 14.5 Å². The van der Waals surface area contributed by atoms with Crippen LogP contribution in [0.5, 0.6) is 0 Å². The lowest BCUT2D eigenvalue weighted by molar-refractivity contribution is 0.456. The Morgan fingerprint density at radius 3 is 2.50 bits per heavy atom. The summed E-state index contributed by atoms with van der Waals surface area (Å²) in [5, 5.41) is 1.67. The number of thiophene rings is 1. The molecule has 3 saturated carbocycles. The summed E-state index contributed by atoms with van der Waals surface area (Å²) in [5.74, 6) is 2.80. The number of rotatable bonds is 3. The Morgan fingerprint density at radius 1 is 1.28 bits per heavy atom. The van der Waals surface area contributed by atoms with Crippen LogP contribution in [0.4, 0.5) is 5.69 Å². The SMILES string of the molecule is Nc1csc(S(=O)(=O)NC2C3C4CCC(C4)C23)c1. The smallest absolute Gasteiger partial charge is 0.250 e. The van der Waals surface area contributed by atoms with E-state index in [-0.39, 0.29) is 6.04 Å². The molecule has 4 nitrogen and oxygen atoms in total. The number of nitrogen functional groups attached to an aromatic ring is 1. The molecule has 6 heteroatoms. The maximum absolute atomic E-state index is 12.2. The second-order valence-electron chi connectivity index (χ2n) is 5.83. The third-order valence-electron chi connectivity index (χ3n) is 4.89. The fourth-order valence-corrected chi connectivity index (χ4v) is 6.59. The lowest BCUT2D eigenvalue weighted by Crippen LogP contribution is -2.29. The van der Waals surface area contributed by atoms with E-state index in [0.717, 1.165) is 11.8 Å². The van der Waals surface area contributed by atoms with Crippen LogP contribution in [0, 0.1) is 23.7 Å². The maximum atomic E-state index is 12.2. The molecule has 3 aliphatic carbocycles. The number of hydrogen-bond donors (Lipinski definition) is 2.